The van der Waals surface area contributed by atoms with E-state index >= 15 is 0 Å². The molecule has 1 fully saturated rings. The number of nitrogens with zero attached hydrogens (tertiary/aromatic N) is 3. The summed E-state index contributed by atoms with van der Waals surface area (Å²) in [5.41, 5.74) is 0.403. The summed E-state index contributed by atoms with van der Waals surface area (Å²) < 4.78 is 2.55. The third-order valence-electron chi connectivity index (χ3n) is 5.21. The van der Waals surface area contributed by atoms with Gasteiger partial charge in [-0.25, -0.2) is 0 Å². The van der Waals surface area contributed by atoms with E-state index < -0.39 is 11.1 Å². The lowest BCUT2D eigenvalue weighted by atomic mass is 10.1. The van der Waals surface area contributed by atoms with Crippen LogP contribution in [0.5, 0.6) is 0 Å². The molecule has 0 aliphatic carbocycles. The summed E-state index contributed by atoms with van der Waals surface area (Å²) in [6.07, 6.45) is 0. The van der Waals surface area contributed by atoms with Crippen molar-refractivity contribution in [1.82, 2.24) is 19.4 Å². The van der Waals surface area contributed by atoms with Crippen molar-refractivity contribution in [2.45, 2.75) is 20.0 Å². The summed E-state index contributed by atoms with van der Waals surface area (Å²) >= 11 is 5.22. The van der Waals surface area contributed by atoms with Gasteiger partial charge in [-0.05, 0) is 53.2 Å². The summed E-state index contributed by atoms with van der Waals surface area (Å²) in [5, 5.41) is 0. The number of hydrogen-bond acceptors (Lipinski definition) is 5. The number of piperazine rings is 1. The molecule has 29 heavy (non-hydrogen) atoms. The number of benzene rings is 1. The first kappa shape index (κ1) is 20.1. The number of H-pyrrole nitrogens is 1. The molecule has 0 atom stereocenters. The van der Waals surface area contributed by atoms with E-state index in [1.165, 1.54) is 9.44 Å². The van der Waals surface area contributed by atoms with E-state index in [9.17, 15) is 14.4 Å². The lowest BCUT2D eigenvalue weighted by molar-refractivity contribution is 0.0630. The molecule has 0 saturated carbocycles. The molecule has 0 radical (unpaired) electrons. The number of halogens is 1. The zero-order valence-corrected chi connectivity index (χ0v) is 18.4. The highest BCUT2D eigenvalue weighted by atomic mass is 79.9. The lowest BCUT2D eigenvalue weighted by Crippen LogP contribution is -2.48. The zero-order valence-electron chi connectivity index (χ0n) is 16.0. The Bertz CT molecular complexity index is 1170. The molecule has 3 aromatic rings. The van der Waals surface area contributed by atoms with Gasteiger partial charge >= 0.3 is 11.1 Å². The average Bonchev–Trinajstić information content (AvgIpc) is 3.13. The summed E-state index contributed by atoms with van der Waals surface area (Å²) in [4.78, 5) is 44.9. The Labute approximate surface area is 179 Å². The van der Waals surface area contributed by atoms with Crippen molar-refractivity contribution in [3.8, 4) is 0 Å². The molecule has 4 rings (SSSR count). The Morgan fingerprint density at radius 1 is 1.14 bits per heavy atom. The maximum absolute atomic E-state index is 13.0. The van der Waals surface area contributed by atoms with E-state index in [4.69, 9.17) is 0 Å². The Morgan fingerprint density at radius 3 is 2.55 bits per heavy atom. The quantitative estimate of drug-likeness (QED) is 0.586. The van der Waals surface area contributed by atoms with Gasteiger partial charge in [-0.2, -0.15) is 0 Å². The van der Waals surface area contributed by atoms with E-state index in [1.54, 1.807) is 29.5 Å². The largest absolute Gasteiger partial charge is 0.336 e. The number of hydrogen-bond donors (Lipinski definition) is 1. The fraction of sp³-hybridized carbons (Fsp3) is 0.350. The van der Waals surface area contributed by atoms with Crippen molar-refractivity contribution in [2.75, 3.05) is 26.2 Å². The van der Waals surface area contributed by atoms with Crippen LogP contribution in [0.1, 0.15) is 22.2 Å². The van der Waals surface area contributed by atoms with Gasteiger partial charge in [0.25, 0.3) is 5.91 Å². The summed E-state index contributed by atoms with van der Waals surface area (Å²) in [6, 6.07) is 9.30. The van der Waals surface area contributed by atoms with Crippen LogP contribution in [0.3, 0.4) is 0 Å². The van der Waals surface area contributed by atoms with Crippen molar-refractivity contribution in [2.24, 2.45) is 0 Å². The van der Waals surface area contributed by atoms with E-state index in [0.29, 0.717) is 36.2 Å². The van der Waals surface area contributed by atoms with Gasteiger partial charge in [0.2, 0.25) is 0 Å². The standard InChI is InChI=1S/C20H21BrN4O3S/c1-2-25-16-5-3-13(11-15(16)22-18(26)20(25)28)19(27)24-9-7-23(8-10-24)12-14-4-6-17(21)29-14/h3-6,11H,2,7-10,12H2,1H3,(H,22,26). The van der Waals surface area contributed by atoms with Crippen molar-refractivity contribution < 1.29 is 4.79 Å². The van der Waals surface area contributed by atoms with E-state index in [1.807, 2.05) is 11.8 Å². The van der Waals surface area contributed by atoms with Crippen LogP contribution in [-0.2, 0) is 13.1 Å². The van der Waals surface area contributed by atoms with E-state index in [2.05, 4.69) is 37.9 Å². The highest BCUT2D eigenvalue weighted by molar-refractivity contribution is 9.11. The summed E-state index contributed by atoms with van der Waals surface area (Å²) in [6.45, 7) is 6.07. The molecule has 9 heteroatoms. The van der Waals surface area contributed by atoms with Gasteiger partial charge < -0.3 is 14.5 Å². The fourth-order valence-corrected chi connectivity index (χ4v) is 5.20. The van der Waals surface area contributed by atoms with Crippen molar-refractivity contribution in [1.29, 1.82) is 0 Å². The minimum Gasteiger partial charge on any atom is -0.336 e. The van der Waals surface area contributed by atoms with E-state index in [0.717, 1.165) is 23.4 Å². The molecule has 1 aliphatic rings. The molecule has 1 aromatic carbocycles. The number of nitrogens with one attached hydrogen (secondary N) is 1. The second kappa shape index (κ2) is 8.25. The zero-order chi connectivity index (χ0) is 20.5. The predicted octanol–water partition coefficient (Wildman–Crippen LogP) is 2.49. The van der Waals surface area contributed by atoms with Crippen LogP contribution in [-0.4, -0.2) is 51.4 Å². The predicted molar refractivity (Wildman–Crippen MR) is 118 cm³/mol. The Morgan fingerprint density at radius 2 is 1.90 bits per heavy atom. The SMILES string of the molecule is CCn1c(=O)c(=O)[nH]c2cc(C(=O)N3CCN(Cc4ccc(Br)s4)CC3)ccc21. The maximum Gasteiger partial charge on any atom is 0.316 e. The average molecular weight is 477 g/mol. The molecular weight excluding hydrogens is 456 g/mol. The molecule has 1 N–H and O–H groups in total. The monoisotopic (exact) mass is 476 g/mol. The molecule has 1 saturated heterocycles. The van der Waals surface area contributed by atoms with Crippen molar-refractivity contribution in [3.05, 3.63) is 65.3 Å². The van der Waals surface area contributed by atoms with Crippen molar-refractivity contribution >= 4 is 44.2 Å². The molecule has 2 aromatic heterocycles. The van der Waals surface area contributed by atoms with Crippen LogP contribution in [0.25, 0.3) is 11.0 Å². The molecule has 1 amide bonds. The summed E-state index contributed by atoms with van der Waals surface area (Å²) in [5.74, 6) is -0.0551. The second-order valence-corrected chi connectivity index (χ2v) is 9.56. The smallest absolute Gasteiger partial charge is 0.316 e. The minimum absolute atomic E-state index is 0.0551. The van der Waals surface area contributed by atoms with Crippen LogP contribution < -0.4 is 11.1 Å². The number of aromatic nitrogens is 2. The number of carbonyl (C=O) groups excluding carboxylic acids is 1. The van der Waals surface area contributed by atoms with Gasteiger partial charge in [0.1, 0.15) is 0 Å². The topological polar surface area (TPSA) is 78.4 Å². The number of fused-ring (bicyclic) bond motifs is 1. The maximum atomic E-state index is 13.0. The van der Waals surface area contributed by atoms with Gasteiger partial charge in [0, 0.05) is 49.7 Å². The lowest BCUT2D eigenvalue weighted by Gasteiger charge is -2.34. The first-order chi connectivity index (χ1) is 14.0. The van der Waals surface area contributed by atoms with Gasteiger partial charge in [-0.15, -0.1) is 11.3 Å². The van der Waals surface area contributed by atoms with Gasteiger partial charge in [-0.3, -0.25) is 19.3 Å². The van der Waals surface area contributed by atoms with Gasteiger partial charge in [0.05, 0.1) is 14.8 Å². The molecule has 7 nitrogen and oxygen atoms in total. The van der Waals surface area contributed by atoms with Crippen molar-refractivity contribution in [3.63, 3.8) is 0 Å². The van der Waals surface area contributed by atoms with Crippen LogP contribution in [0.2, 0.25) is 0 Å². The number of amides is 1. The Kier molecular flexibility index (Phi) is 5.71. The van der Waals surface area contributed by atoms with E-state index in [-0.39, 0.29) is 5.91 Å². The first-order valence-electron chi connectivity index (χ1n) is 9.49. The Hall–Kier alpha value is -2.23. The molecule has 152 valence electrons. The highest BCUT2D eigenvalue weighted by Gasteiger charge is 2.23. The van der Waals surface area contributed by atoms with Gasteiger partial charge in [-0.1, -0.05) is 0 Å². The van der Waals surface area contributed by atoms with Crippen LogP contribution in [0.4, 0.5) is 0 Å². The molecule has 0 spiro atoms. The van der Waals surface area contributed by atoms with Crippen LogP contribution in [0, 0.1) is 0 Å². The number of rotatable bonds is 4. The number of thiophene rings is 1. The van der Waals surface area contributed by atoms with Crippen LogP contribution >= 0.6 is 27.3 Å². The van der Waals surface area contributed by atoms with Gasteiger partial charge in [0.15, 0.2) is 0 Å². The van der Waals surface area contributed by atoms with Crippen LogP contribution in [0.15, 0.2) is 43.7 Å². The molecule has 0 bridgehead atoms. The molecule has 3 heterocycles. The number of aromatic amines is 1. The number of carbonyl (C=O) groups is 1. The number of aryl methyl sites for hydroxylation is 1. The summed E-state index contributed by atoms with van der Waals surface area (Å²) in [7, 11) is 0. The minimum atomic E-state index is -0.669. The third kappa shape index (κ3) is 4.08. The molecular formula is C20H21BrN4O3S. The second-order valence-electron chi connectivity index (χ2n) is 7.01. The Balaban J connectivity index is 1.48. The fourth-order valence-electron chi connectivity index (χ4n) is 3.68. The molecule has 1 aliphatic heterocycles. The normalized spacial score (nSPS) is 15.2. The first-order valence-corrected chi connectivity index (χ1v) is 11.1. The third-order valence-corrected chi connectivity index (χ3v) is 6.81. The highest BCUT2D eigenvalue weighted by Crippen LogP contribution is 2.24. The molecule has 0 unspecified atom stereocenters.